The zero-order valence-corrected chi connectivity index (χ0v) is 21.2. The molecule has 0 spiro atoms. The standard InChI is InChI=1S/C23H38N4O10/c1-4-6-32-8-10-34-12-13-35-11-9-33-7-5-27(3)23(31)37-20(16(2)28)18-14-17(26-22(24)25)15-19(36-18)21(29)30/h1,15-18,20,28H,5-14H2,2-3H3,(H,29,30)(H4,24,25,26). The molecule has 0 aromatic rings. The molecule has 0 saturated heterocycles. The van der Waals surface area contributed by atoms with Crippen molar-refractivity contribution in [1.29, 1.82) is 5.41 Å². The molecule has 0 bridgehead atoms. The minimum absolute atomic E-state index is 0.108. The average Bonchev–Trinajstić information content (AvgIpc) is 2.84. The highest BCUT2D eigenvalue weighted by Gasteiger charge is 2.38. The van der Waals surface area contributed by atoms with Gasteiger partial charge in [0.1, 0.15) is 12.7 Å². The van der Waals surface area contributed by atoms with E-state index in [-0.39, 0.29) is 32.1 Å². The number of likely N-dealkylation sites (N-methyl/N-ethyl adjacent to an activating group) is 1. The van der Waals surface area contributed by atoms with Crippen molar-refractivity contribution in [1.82, 2.24) is 10.2 Å². The molecule has 1 heterocycles. The van der Waals surface area contributed by atoms with Gasteiger partial charge in [-0.25, -0.2) is 9.59 Å². The Labute approximate surface area is 216 Å². The second-order valence-electron chi connectivity index (χ2n) is 8.00. The average molecular weight is 531 g/mol. The molecule has 1 aliphatic heterocycles. The predicted octanol–water partition coefficient (Wildman–Crippen LogP) is -0.887. The molecule has 0 aromatic carbocycles. The number of nitrogens with one attached hydrogen (secondary N) is 2. The fourth-order valence-electron chi connectivity index (χ4n) is 3.15. The molecule has 0 saturated carbocycles. The summed E-state index contributed by atoms with van der Waals surface area (Å²) in [7, 11) is 1.50. The molecule has 210 valence electrons. The number of terminal acetylenes is 1. The molecular weight excluding hydrogens is 492 g/mol. The van der Waals surface area contributed by atoms with E-state index in [0.29, 0.717) is 39.6 Å². The van der Waals surface area contributed by atoms with E-state index in [1.165, 1.54) is 24.9 Å². The number of hydrogen-bond acceptors (Lipinski definition) is 10. The molecule has 4 atom stereocenters. The third kappa shape index (κ3) is 13.7. The lowest BCUT2D eigenvalue weighted by Crippen LogP contribution is -2.50. The fraction of sp³-hybridized carbons (Fsp3) is 0.696. The summed E-state index contributed by atoms with van der Waals surface area (Å²) in [6.45, 7) is 4.40. The molecule has 0 aliphatic carbocycles. The van der Waals surface area contributed by atoms with Gasteiger partial charge in [-0.1, -0.05) is 5.92 Å². The molecule has 0 radical (unpaired) electrons. The van der Waals surface area contributed by atoms with Crippen LogP contribution in [-0.4, -0.2) is 124 Å². The van der Waals surface area contributed by atoms with Crippen LogP contribution in [0.1, 0.15) is 13.3 Å². The number of carboxylic acids is 1. The first kappa shape index (κ1) is 31.9. The van der Waals surface area contributed by atoms with Crippen molar-refractivity contribution in [2.24, 2.45) is 5.73 Å². The van der Waals surface area contributed by atoms with Crippen LogP contribution in [0.5, 0.6) is 0 Å². The molecular formula is C23H38N4O10. The summed E-state index contributed by atoms with van der Waals surface area (Å²) in [5, 5.41) is 29.5. The number of aliphatic hydroxyl groups is 1. The zero-order chi connectivity index (χ0) is 27.6. The van der Waals surface area contributed by atoms with Gasteiger partial charge in [-0.3, -0.25) is 5.41 Å². The topological polar surface area (TPSA) is 195 Å². The lowest BCUT2D eigenvalue weighted by molar-refractivity contribution is -0.142. The Bertz CT molecular complexity index is 786. The van der Waals surface area contributed by atoms with E-state index < -0.39 is 42.2 Å². The summed E-state index contributed by atoms with van der Waals surface area (Å²) in [5.74, 6) is 0.257. The number of nitrogens with zero attached hydrogens (tertiary/aromatic N) is 1. The number of aliphatic hydroxyl groups excluding tert-OH is 1. The van der Waals surface area contributed by atoms with Gasteiger partial charge in [-0.2, -0.15) is 0 Å². The Hall–Kier alpha value is -3.09. The number of carbonyl (C=O) groups is 2. The molecule has 1 amide bonds. The SMILES string of the molecule is C#CCOCCOCCOCCOCCN(C)C(=O)OC(C(C)O)C1CC(NC(=N)N)C=C(C(=O)O)O1. The molecule has 1 aliphatic rings. The first-order valence-corrected chi connectivity index (χ1v) is 11.7. The summed E-state index contributed by atoms with van der Waals surface area (Å²) in [6.07, 6.45) is 2.36. The second-order valence-corrected chi connectivity index (χ2v) is 8.00. The van der Waals surface area contributed by atoms with Crippen LogP contribution in [0.4, 0.5) is 4.79 Å². The molecule has 0 aromatic heterocycles. The van der Waals surface area contributed by atoms with Crippen LogP contribution >= 0.6 is 0 Å². The largest absolute Gasteiger partial charge is 0.479 e. The third-order valence-electron chi connectivity index (χ3n) is 4.93. The first-order valence-electron chi connectivity index (χ1n) is 11.7. The van der Waals surface area contributed by atoms with Gasteiger partial charge >= 0.3 is 12.1 Å². The van der Waals surface area contributed by atoms with Gasteiger partial charge in [0.15, 0.2) is 12.1 Å². The molecule has 6 N–H and O–H groups in total. The lowest BCUT2D eigenvalue weighted by Gasteiger charge is -2.35. The number of nitrogens with two attached hydrogens (primary N) is 1. The smallest absolute Gasteiger partial charge is 0.410 e. The molecule has 14 nitrogen and oxygen atoms in total. The Morgan fingerprint density at radius 1 is 1.22 bits per heavy atom. The number of amides is 1. The van der Waals surface area contributed by atoms with Gasteiger partial charge in [0.25, 0.3) is 0 Å². The van der Waals surface area contributed by atoms with Gasteiger partial charge in [-0.05, 0) is 13.0 Å². The molecule has 4 unspecified atom stereocenters. The van der Waals surface area contributed by atoms with Gasteiger partial charge in [0, 0.05) is 20.0 Å². The second kappa shape index (κ2) is 18.2. The Balaban J connectivity index is 2.35. The van der Waals surface area contributed by atoms with Gasteiger partial charge < -0.3 is 54.6 Å². The normalized spacial score (nSPS) is 18.5. The summed E-state index contributed by atoms with van der Waals surface area (Å²) < 4.78 is 32.1. The van der Waals surface area contributed by atoms with E-state index in [1.54, 1.807) is 0 Å². The van der Waals surface area contributed by atoms with Gasteiger partial charge in [-0.15, -0.1) is 6.42 Å². The molecule has 0 fully saturated rings. The Morgan fingerprint density at radius 2 is 1.78 bits per heavy atom. The fourth-order valence-corrected chi connectivity index (χ4v) is 3.15. The van der Waals surface area contributed by atoms with Crippen LogP contribution in [-0.2, 0) is 33.2 Å². The van der Waals surface area contributed by atoms with Crippen LogP contribution in [0.3, 0.4) is 0 Å². The van der Waals surface area contributed by atoms with E-state index in [9.17, 15) is 19.8 Å². The number of rotatable bonds is 18. The summed E-state index contributed by atoms with van der Waals surface area (Å²) in [5.41, 5.74) is 5.35. The van der Waals surface area contributed by atoms with Crippen molar-refractivity contribution < 1.29 is 48.2 Å². The van der Waals surface area contributed by atoms with Gasteiger partial charge in [0.2, 0.25) is 5.76 Å². The lowest BCUT2D eigenvalue weighted by atomic mass is 9.98. The third-order valence-corrected chi connectivity index (χ3v) is 4.93. The van der Waals surface area contributed by atoms with E-state index in [2.05, 4.69) is 11.2 Å². The van der Waals surface area contributed by atoms with Crippen molar-refractivity contribution in [3.05, 3.63) is 11.8 Å². The highest BCUT2D eigenvalue weighted by molar-refractivity contribution is 5.85. The highest BCUT2D eigenvalue weighted by atomic mass is 16.6. The van der Waals surface area contributed by atoms with Crippen molar-refractivity contribution in [2.75, 3.05) is 66.4 Å². The maximum absolute atomic E-state index is 12.5. The van der Waals surface area contributed by atoms with Crippen LogP contribution in [0.25, 0.3) is 0 Å². The Kier molecular flexibility index (Phi) is 15.7. The number of carboxylic acid groups (broad SMARTS) is 1. The first-order chi connectivity index (χ1) is 17.6. The van der Waals surface area contributed by atoms with Gasteiger partial charge in [0.05, 0.1) is 58.4 Å². The van der Waals surface area contributed by atoms with Crippen LogP contribution < -0.4 is 11.1 Å². The van der Waals surface area contributed by atoms with Crippen molar-refractivity contribution >= 4 is 18.0 Å². The molecule has 14 heteroatoms. The number of hydrogen-bond donors (Lipinski definition) is 5. The monoisotopic (exact) mass is 530 g/mol. The minimum Gasteiger partial charge on any atom is -0.479 e. The number of aliphatic carboxylic acids is 1. The quantitative estimate of drug-likeness (QED) is 0.0636. The van der Waals surface area contributed by atoms with Crippen LogP contribution in [0, 0.1) is 17.8 Å². The van der Waals surface area contributed by atoms with Crippen molar-refractivity contribution in [3.8, 4) is 12.3 Å². The molecule has 1 rings (SSSR count). The van der Waals surface area contributed by atoms with E-state index >= 15 is 0 Å². The minimum atomic E-state index is -1.34. The Morgan fingerprint density at radius 3 is 2.30 bits per heavy atom. The van der Waals surface area contributed by atoms with Crippen LogP contribution in [0.15, 0.2) is 11.8 Å². The van der Waals surface area contributed by atoms with Crippen molar-refractivity contribution in [2.45, 2.75) is 37.7 Å². The summed E-state index contributed by atoms with van der Waals surface area (Å²) in [4.78, 5) is 25.2. The zero-order valence-electron chi connectivity index (χ0n) is 21.2. The summed E-state index contributed by atoms with van der Waals surface area (Å²) >= 11 is 0. The van der Waals surface area contributed by atoms with E-state index in [1.807, 2.05) is 0 Å². The maximum Gasteiger partial charge on any atom is 0.410 e. The summed E-state index contributed by atoms with van der Waals surface area (Å²) in [6, 6.07) is -0.657. The number of carbonyl (C=O) groups excluding carboxylic acids is 1. The van der Waals surface area contributed by atoms with E-state index in [4.69, 9.17) is 46.0 Å². The van der Waals surface area contributed by atoms with Crippen molar-refractivity contribution in [3.63, 3.8) is 0 Å². The molecule has 37 heavy (non-hydrogen) atoms. The predicted molar refractivity (Wildman–Crippen MR) is 131 cm³/mol. The maximum atomic E-state index is 12.5. The number of guanidine groups is 1. The van der Waals surface area contributed by atoms with E-state index in [0.717, 1.165) is 0 Å². The van der Waals surface area contributed by atoms with Crippen LogP contribution in [0.2, 0.25) is 0 Å². The number of ether oxygens (including phenoxy) is 6. The highest BCUT2D eigenvalue weighted by Crippen LogP contribution is 2.24.